The molecule has 88 valence electrons. The number of amides is 1. The molecule has 1 aromatic heterocycles. The Bertz CT molecular complexity index is 454. The largest absolute Gasteiger partial charge is 0.447 e. The predicted molar refractivity (Wildman–Crippen MR) is 62.1 cm³/mol. The number of hydrogen-bond donors (Lipinski definition) is 2. The number of ether oxygens (including phenoxy) is 1. The van der Waals surface area contributed by atoms with Crippen LogP contribution in [0.4, 0.5) is 10.7 Å². The van der Waals surface area contributed by atoms with Gasteiger partial charge in [0.1, 0.15) is 6.61 Å². The van der Waals surface area contributed by atoms with E-state index in [0.29, 0.717) is 5.88 Å². The molecule has 0 aliphatic heterocycles. The van der Waals surface area contributed by atoms with Crippen LogP contribution in [0.3, 0.4) is 0 Å². The average Bonchev–Trinajstić information content (AvgIpc) is 2.88. The molecule has 0 atom stereocenters. The number of benzene rings is 1. The third-order valence-electron chi connectivity index (χ3n) is 2.02. The van der Waals surface area contributed by atoms with Crippen LogP contribution in [0, 0.1) is 0 Å². The van der Waals surface area contributed by atoms with Gasteiger partial charge in [-0.2, -0.15) is 0 Å². The standard InChI is InChI=1S/C12H12N2O3/c15-12(14-13-11-7-4-8-16-11)17-9-10-5-2-1-3-6-10/h1-8,13H,9H2,(H,14,15). The fourth-order valence-corrected chi connectivity index (χ4v) is 1.22. The number of hydrazine groups is 1. The summed E-state index contributed by atoms with van der Waals surface area (Å²) in [4.78, 5) is 11.3. The zero-order valence-corrected chi connectivity index (χ0v) is 9.05. The molecule has 0 aliphatic carbocycles. The number of furan rings is 1. The number of rotatable bonds is 4. The molecule has 0 aliphatic rings. The quantitative estimate of drug-likeness (QED) is 0.795. The van der Waals surface area contributed by atoms with E-state index in [0.717, 1.165) is 5.56 Å². The number of hydrogen-bond acceptors (Lipinski definition) is 4. The van der Waals surface area contributed by atoms with Gasteiger partial charge in [0.05, 0.1) is 6.26 Å². The number of carbonyl (C=O) groups excluding carboxylic acids is 1. The van der Waals surface area contributed by atoms with E-state index < -0.39 is 6.09 Å². The Hall–Kier alpha value is -2.43. The Morgan fingerprint density at radius 2 is 2.00 bits per heavy atom. The molecule has 0 fully saturated rings. The van der Waals surface area contributed by atoms with Crippen LogP contribution >= 0.6 is 0 Å². The van der Waals surface area contributed by atoms with Gasteiger partial charge in [0, 0.05) is 6.07 Å². The van der Waals surface area contributed by atoms with Crippen molar-refractivity contribution in [2.45, 2.75) is 6.61 Å². The summed E-state index contributed by atoms with van der Waals surface area (Å²) < 4.78 is 9.94. The van der Waals surface area contributed by atoms with E-state index in [4.69, 9.17) is 9.15 Å². The van der Waals surface area contributed by atoms with Crippen molar-refractivity contribution >= 4 is 12.0 Å². The highest BCUT2D eigenvalue weighted by molar-refractivity contribution is 5.68. The van der Waals surface area contributed by atoms with Gasteiger partial charge in [-0.25, -0.2) is 10.2 Å². The molecule has 2 aromatic rings. The number of carbonyl (C=O) groups is 1. The minimum absolute atomic E-state index is 0.229. The van der Waals surface area contributed by atoms with E-state index >= 15 is 0 Å². The van der Waals surface area contributed by atoms with Gasteiger partial charge >= 0.3 is 6.09 Å². The predicted octanol–water partition coefficient (Wildman–Crippen LogP) is 2.53. The van der Waals surface area contributed by atoms with Gasteiger partial charge in [-0.3, -0.25) is 5.43 Å². The van der Waals surface area contributed by atoms with Crippen molar-refractivity contribution in [3.8, 4) is 0 Å². The lowest BCUT2D eigenvalue weighted by molar-refractivity contribution is 0.141. The fourth-order valence-electron chi connectivity index (χ4n) is 1.22. The van der Waals surface area contributed by atoms with Crippen LogP contribution < -0.4 is 10.9 Å². The zero-order chi connectivity index (χ0) is 11.9. The smallest absolute Gasteiger partial charge is 0.426 e. The first-order valence-electron chi connectivity index (χ1n) is 5.11. The Labute approximate surface area is 98.4 Å². The Morgan fingerprint density at radius 1 is 1.18 bits per heavy atom. The molecule has 0 radical (unpaired) electrons. The van der Waals surface area contributed by atoms with E-state index in [1.165, 1.54) is 6.26 Å². The maximum atomic E-state index is 11.3. The third kappa shape index (κ3) is 3.57. The molecule has 1 heterocycles. The summed E-state index contributed by atoms with van der Waals surface area (Å²) >= 11 is 0. The maximum Gasteiger partial charge on any atom is 0.426 e. The van der Waals surface area contributed by atoms with E-state index in [1.807, 2.05) is 30.3 Å². The van der Waals surface area contributed by atoms with Crippen LogP contribution in [-0.2, 0) is 11.3 Å². The first-order chi connectivity index (χ1) is 8.34. The minimum Gasteiger partial charge on any atom is -0.447 e. The lowest BCUT2D eigenvalue weighted by Crippen LogP contribution is -2.29. The van der Waals surface area contributed by atoms with Gasteiger partial charge in [0.25, 0.3) is 0 Å². The lowest BCUT2D eigenvalue weighted by atomic mass is 10.2. The Morgan fingerprint density at radius 3 is 2.71 bits per heavy atom. The molecular weight excluding hydrogens is 220 g/mol. The summed E-state index contributed by atoms with van der Waals surface area (Å²) in [5.74, 6) is 0.446. The van der Waals surface area contributed by atoms with E-state index in [2.05, 4.69) is 10.9 Å². The third-order valence-corrected chi connectivity index (χ3v) is 2.02. The number of nitrogens with one attached hydrogen (secondary N) is 2. The SMILES string of the molecule is O=C(NNc1ccco1)OCc1ccccc1. The van der Waals surface area contributed by atoms with Crippen molar-refractivity contribution in [2.75, 3.05) is 5.43 Å². The van der Waals surface area contributed by atoms with Crippen molar-refractivity contribution in [3.63, 3.8) is 0 Å². The van der Waals surface area contributed by atoms with Crippen LogP contribution in [-0.4, -0.2) is 6.09 Å². The molecule has 17 heavy (non-hydrogen) atoms. The van der Waals surface area contributed by atoms with Crippen LogP contribution in [0.1, 0.15) is 5.56 Å². The van der Waals surface area contributed by atoms with Crippen LogP contribution in [0.15, 0.2) is 53.1 Å². The normalized spacial score (nSPS) is 9.65. The van der Waals surface area contributed by atoms with Crippen molar-refractivity contribution in [2.24, 2.45) is 0 Å². The molecule has 5 heteroatoms. The van der Waals surface area contributed by atoms with Crippen molar-refractivity contribution in [1.29, 1.82) is 0 Å². The van der Waals surface area contributed by atoms with Crippen LogP contribution in [0.2, 0.25) is 0 Å². The van der Waals surface area contributed by atoms with Crippen LogP contribution in [0.5, 0.6) is 0 Å². The van der Waals surface area contributed by atoms with E-state index in [9.17, 15) is 4.79 Å². The topological polar surface area (TPSA) is 63.5 Å². The van der Waals surface area contributed by atoms with E-state index in [-0.39, 0.29) is 6.61 Å². The second-order valence-corrected chi connectivity index (χ2v) is 3.29. The van der Waals surface area contributed by atoms with Gasteiger partial charge in [-0.05, 0) is 11.6 Å². The summed E-state index contributed by atoms with van der Waals surface area (Å²) in [7, 11) is 0. The maximum absolute atomic E-state index is 11.3. The molecule has 0 unspecified atom stereocenters. The molecular formula is C12H12N2O3. The first-order valence-corrected chi connectivity index (χ1v) is 5.11. The molecule has 1 aromatic carbocycles. The summed E-state index contributed by atoms with van der Waals surface area (Å²) in [6, 6.07) is 12.8. The molecule has 2 N–H and O–H groups in total. The second-order valence-electron chi connectivity index (χ2n) is 3.29. The lowest BCUT2D eigenvalue weighted by Gasteiger charge is -2.07. The Balaban J connectivity index is 1.71. The molecule has 0 bridgehead atoms. The summed E-state index contributed by atoms with van der Waals surface area (Å²) in [6.07, 6.45) is 0.935. The first kappa shape index (κ1) is 11.1. The van der Waals surface area contributed by atoms with Crippen molar-refractivity contribution in [3.05, 3.63) is 54.3 Å². The highest BCUT2D eigenvalue weighted by atomic mass is 16.6. The highest BCUT2D eigenvalue weighted by Gasteiger charge is 2.02. The average molecular weight is 232 g/mol. The van der Waals surface area contributed by atoms with Crippen molar-refractivity contribution < 1.29 is 13.9 Å². The zero-order valence-electron chi connectivity index (χ0n) is 9.05. The summed E-state index contributed by atoms with van der Waals surface area (Å²) in [5.41, 5.74) is 5.85. The summed E-state index contributed by atoms with van der Waals surface area (Å²) in [5, 5.41) is 0. The monoisotopic (exact) mass is 232 g/mol. The molecule has 0 saturated carbocycles. The molecule has 1 amide bonds. The van der Waals surface area contributed by atoms with Gasteiger partial charge in [0.2, 0.25) is 5.88 Å². The fraction of sp³-hybridized carbons (Fsp3) is 0.0833. The molecule has 2 rings (SSSR count). The second kappa shape index (κ2) is 5.60. The minimum atomic E-state index is -0.565. The van der Waals surface area contributed by atoms with Gasteiger partial charge in [-0.1, -0.05) is 30.3 Å². The van der Waals surface area contributed by atoms with Gasteiger partial charge in [0.15, 0.2) is 0 Å². The molecule has 0 saturated heterocycles. The van der Waals surface area contributed by atoms with Crippen LogP contribution in [0.25, 0.3) is 0 Å². The highest BCUT2D eigenvalue weighted by Crippen LogP contribution is 2.04. The van der Waals surface area contributed by atoms with Gasteiger partial charge < -0.3 is 9.15 Å². The van der Waals surface area contributed by atoms with E-state index in [1.54, 1.807) is 12.1 Å². The number of anilines is 1. The van der Waals surface area contributed by atoms with Gasteiger partial charge in [-0.15, -0.1) is 0 Å². The molecule has 5 nitrogen and oxygen atoms in total. The molecule has 0 spiro atoms. The Kier molecular flexibility index (Phi) is 3.64. The summed E-state index contributed by atoms with van der Waals surface area (Å²) in [6.45, 7) is 0.229. The van der Waals surface area contributed by atoms with Crippen molar-refractivity contribution in [1.82, 2.24) is 5.43 Å².